The highest BCUT2D eigenvalue weighted by atomic mass is 16.5. The van der Waals surface area contributed by atoms with Crippen molar-refractivity contribution < 1.29 is 24.1 Å². The number of benzene rings is 1. The molecular formula is C21H31NO5. The molecule has 3 atom stereocenters. The zero-order chi connectivity index (χ0) is 20.0. The van der Waals surface area contributed by atoms with Gasteiger partial charge in [-0.05, 0) is 31.9 Å². The minimum atomic E-state index is -0.414. The number of carbonyl (C=O) groups is 1. The number of rotatable bonds is 5. The number of nitrogens with two attached hydrogens (primary N) is 1. The summed E-state index contributed by atoms with van der Waals surface area (Å²) < 4.78 is 16.0. The number of aliphatic hydroxyl groups is 1. The molecule has 1 aromatic rings. The zero-order valence-electron chi connectivity index (χ0n) is 16.7. The number of ether oxygens (including phenoxy) is 3. The van der Waals surface area contributed by atoms with Crippen LogP contribution < -0.4 is 15.2 Å². The first kappa shape index (κ1) is 21.3. The molecule has 1 unspecified atom stereocenters. The summed E-state index contributed by atoms with van der Waals surface area (Å²) in [6.45, 7) is 6.52. The maximum absolute atomic E-state index is 10.1. The topological polar surface area (TPSA) is 91.0 Å². The molecule has 0 amide bonds. The second-order valence-corrected chi connectivity index (χ2v) is 6.94. The summed E-state index contributed by atoms with van der Waals surface area (Å²) in [6, 6.07) is 4.14. The molecule has 0 fully saturated rings. The van der Waals surface area contributed by atoms with Gasteiger partial charge in [0.25, 0.3) is 0 Å². The molecule has 3 rings (SSSR count). The van der Waals surface area contributed by atoms with Crippen LogP contribution in [0.5, 0.6) is 11.5 Å². The Morgan fingerprint density at radius 1 is 1.41 bits per heavy atom. The van der Waals surface area contributed by atoms with E-state index in [-0.39, 0.29) is 24.0 Å². The molecule has 2 aliphatic rings. The summed E-state index contributed by atoms with van der Waals surface area (Å²) in [6.07, 6.45) is 6.35. The van der Waals surface area contributed by atoms with Crippen molar-refractivity contribution in [1.82, 2.24) is 0 Å². The summed E-state index contributed by atoms with van der Waals surface area (Å²) in [5.74, 6) is 1.31. The van der Waals surface area contributed by atoms with Crippen LogP contribution >= 0.6 is 0 Å². The quantitative estimate of drug-likeness (QED) is 0.605. The number of esters is 1. The molecule has 1 aliphatic carbocycles. The van der Waals surface area contributed by atoms with E-state index in [1.54, 1.807) is 14.0 Å². The first-order valence-electron chi connectivity index (χ1n) is 9.51. The lowest BCUT2D eigenvalue weighted by atomic mass is 9.72. The molecule has 3 N–H and O–H groups in total. The molecule has 0 bridgehead atoms. The van der Waals surface area contributed by atoms with E-state index in [1.807, 2.05) is 12.1 Å². The highest BCUT2D eigenvalue weighted by Crippen LogP contribution is 2.52. The van der Waals surface area contributed by atoms with Crippen LogP contribution in [0.3, 0.4) is 0 Å². The molecule has 150 valence electrons. The van der Waals surface area contributed by atoms with E-state index >= 15 is 0 Å². The second-order valence-electron chi connectivity index (χ2n) is 6.94. The van der Waals surface area contributed by atoms with Gasteiger partial charge in [-0.3, -0.25) is 4.79 Å². The van der Waals surface area contributed by atoms with Gasteiger partial charge in [-0.25, -0.2) is 0 Å². The van der Waals surface area contributed by atoms with Gasteiger partial charge < -0.3 is 25.1 Å². The number of methoxy groups -OCH3 is 1. The number of aryl methyl sites for hydroxylation is 1. The van der Waals surface area contributed by atoms with Gasteiger partial charge in [-0.15, -0.1) is 0 Å². The van der Waals surface area contributed by atoms with E-state index < -0.39 is 6.10 Å². The van der Waals surface area contributed by atoms with Crippen LogP contribution in [0, 0.1) is 0 Å². The molecule has 6 nitrogen and oxygen atoms in total. The highest BCUT2D eigenvalue weighted by Gasteiger charge is 2.48. The van der Waals surface area contributed by atoms with Crippen molar-refractivity contribution in [2.24, 2.45) is 5.73 Å². The van der Waals surface area contributed by atoms with E-state index in [9.17, 15) is 9.90 Å². The third-order valence-electron chi connectivity index (χ3n) is 5.01. The number of carbonyl (C=O) groups excluding carboxylic acids is 1. The Morgan fingerprint density at radius 2 is 2.15 bits per heavy atom. The summed E-state index contributed by atoms with van der Waals surface area (Å²) in [5.41, 5.74) is 7.29. The van der Waals surface area contributed by atoms with Crippen molar-refractivity contribution in [1.29, 1.82) is 0 Å². The van der Waals surface area contributed by atoms with Crippen molar-refractivity contribution in [3.05, 3.63) is 35.4 Å². The molecule has 1 aliphatic heterocycles. The molecule has 1 heterocycles. The van der Waals surface area contributed by atoms with E-state index in [0.29, 0.717) is 13.0 Å². The predicted molar refractivity (Wildman–Crippen MR) is 104 cm³/mol. The summed E-state index contributed by atoms with van der Waals surface area (Å²) in [5, 5.41) is 9.85. The predicted octanol–water partition coefficient (Wildman–Crippen LogP) is 2.50. The Balaban J connectivity index is 0.000000321. The SMILES string of the molecule is CCCc1ccc(OC)c2c1[C@]1(C)C=CC(O)C[C@@H]1O2.CCOC(=O)CN. The Hall–Kier alpha value is -2.05. The molecular weight excluding hydrogens is 346 g/mol. The van der Waals surface area contributed by atoms with Crippen LogP contribution in [0.1, 0.15) is 44.7 Å². The van der Waals surface area contributed by atoms with Crippen LogP contribution in [0.15, 0.2) is 24.3 Å². The number of aliphatic hydroxyl groups excluding tert-OH is 1. The van der Waals surface area contributed by atoms with Crippen molar-refractivity contribution in [3.63, 3.8) is 0 Å². The smallest absolute Gasteiger partial charge is 0.319 e. The van der Waals surface area contributed by atoms with Gasteiger partial charge in [0.2, 0.25) is 0 Å². The van der Waals surface area contributed by atoms with E-state index in [2.05, 4.69) is 30.7 Å². The van der Waals surface area contributed by atoms with Crippen molar-refractivity contribution in [2.75, 3.05) is 20.3 Å². The van der Waals surface area contributed by atoms with Crippen LogP contribution in [-0.4, -0.2) is 43.5 Å². The van der Waals surface area contributed by atoms with Crippen LogP contribution in [0.4, 0.5) is 0 Å². The molecule has 1 aromatic carbocycles. The summed E-state index contributed by atoms with van der Waals surface area (Å²) in [4.78, 5) is 10.1. The fourth-order valence-corrected chi connectivity index (χ4v) is 3.69. The maximum atomic E-state index is 10.1. The lowest BCUT2D eigenvalue weighted by Gasteiger charge is -2.33. The standard InChI is InChI=1S/C17H22O3.C4H9NO2/c1-4-5-11-6-7-13(19-3)16-15(11)17(2)9-8-12(18)10-14(17)20-16;1-2-7-4(6)3-5/h6-9,12,14,18H,4-5,10H2,1-3H3;2-3,5H2,1H3/t12?,14-,17+;/m0./s1. The normalized spacial score (nSPS) is 24.8. The number of fused-ring (bicyclic) bond motifs is 3. The molecule has 0 spiro atoms. The van der Waals surface area contributed by atoms with Gasteiger partial charge in [0.05, 0.1) is 31.8 Å². The summed E-state index contributed by atoms with van der Waals surface area (Å²) >= 11 is 0. The van der Waals surface area contributed by atoms with Crippen molar-refractivity contribution >= 4 is 5.97 Å². The minimum absolute atomic E-state index is 0.00981. The fraction of sp³-hybridized carbons (Fsp3) is 0.571. The van der Waals surface area contributed by atoms with Crippen LogP contribution in [0.25, 0.3) is 0 Å². The van der Waals surface area contributed by atoms with Crippen molar-refractivity contribution in [3.8, 4) is 11.5 Å². The first-order chi connectivity index (χ1) is 12.9. The van der Waals surface area contributed by atoms with E-state index in [1.165, 1.54) is 11.1 Å². The maximum Gasteiger partial charge on any atom is 0.319 e. The number of hydrogen-bond donors (Lipinski definition) is 2. The van der Waals surface area contributed by atoms with Gasteiger partial charge in [0.1, 0.15) is 6.10 Å². The molecule has 0 radical (unpaired) electrons. The summed E-state index contributed by atoms with van der Waals surface area (Å²) in [7, 11) is 1.67. The molecule has 27 heavy (non-hydrogen) atoms. The molecule has 6 heteroatoms. The van der Waals surface area contributed by atoms with E-state index in [4.69, 9.17) is 15.2 Å². The third kappa shape index (κ3) is 4.45. The monoisotopic (exact) mass is 377 g/mol. The Kier molecular flexibility index (Phi) is 7.27. The zero-order valence-corrected chi connectivity index (χ0v) is 16.7. The molecule has 0 aromatic heterocycles. The molecule has 0 saturated heterocycles. The highest BCUT2D eigenvalue weighted by molar-refractivity contribution is 5.71. The first-order valence-corrected chi connectivity index (χ1v) is 9.51. The van der Waals surface area contributed by atoms with Crippen LogP contribution in [-0.2, 0) is 21.4 Å². The lowest BCUT2D eigenvalue weighted by Crippen LogP contribution is -2.39. The van der Waals surface area contributed by atoms with Crippen molar-refractivity contribution in [2.45, 2.75) is 57.7 Å². The van der Waals surface area contributed by atoms with Crippen LogP contribution in [0.2, 0.25) is 0 Å². The third-order valence-corrected chi connectivity index (χ3v) is 5.01. The minimum Gasteiger partial charge on any atom is -0.493 e. The lowest BCUT2D eigenvalue weighted by molar-refractivity contribution is -0.141. The Bertz CT molecular complexity index is 687. The second kappa shape index (κ2) is 9.24. The van der Waals surface area contributed by atoms with Gasteiger partial charge >= 0.3 is 5.97 Å². The largest absolute Gasteiger partial charge is 0.493 e. The molecule has 0 saturated carbocycles. The fourth-order valence-electron chi connectivity index (χ4n) is 3.69. The van der Waals surface area contributed by atoms with Gasteiger partial charge in [0.15, 0.2) is 11.5 Å². The van der Waals surface area contributed by atoms with E-state index in [0.717, 1.165) is 24.3 Å². The van der Waals surface area contributed by atoms with Gasteiger partial charge in [-0.2, -0.15) is 0 Å². The Morgan fingerprint density at radius 3 is 2.70 bits per heavy atom. The Labute approximate surface area is 161 Å². The number of hydrogen-bond acceptors (Lipinski definition) is 6. The average molecular weight is 377 g/mol. The van der Waals surface area contributed by atoms with Gasteiger partial charge in [0, 0.05) is 12.0 Å². The van der Waals surface area contributed by atoms with Gasteiger partial charge in [-0.1, -0.05) is 31.6 Å². The average Bonchev–Trinajstić information content (AvgIpc) is 2.96.